The number of nitrogens with two attached hydrogens (primary N) is 1. The summed E-state index contributed by atoms with van der Waals surface area (Å²) in [6.45, 7) is 4.72. The Hall–Kier alpha value is -0.770. The average molecular weight is 188 g/mol. The van der Waals surface area contributed by atoms with Crippen LogP contribution in [-0.2, 0) is 4.74 Å². The first kappa shape index (κ1) is 12.2. The van der Waals surface area contributed by atoms with Crippen LogP contribution in [0.25, 0.3) is 0 Å². The third kappa shape index (κ3) is 7.59. The Kier molecular flexibility index (Phi) is 7.39. The molecule has 0 rings (SSSR count). The Morgan fingerprint density at radius 1 is 1.46 bits per heavy atom. The predicted molar refractivity (Wildman–Crippen MR) is 52.3 cm³/mol. The van der Waals surface area contributed by atoms with Gasteiger partial charge in [0.05, 0.1) is 0 Å². The Morgan fingerprint density at radius 2 is 2.15 bits per heavy atom. The minimum atomic E-state index is -0.466. The molecule has 0 fully saturated rings. The van der Waals surface area contributed by atoms with Crippen LogP contribution in [0.2, 0.25) is 0 Å². The quantitative estimate of drug-likeness (QED) is 0.491. The molecule has 0 heterocycles. The molecule has 0 aromatic rings. The third-order valence-electron chi connectivity index (χ3n) is 1.63. The number of alkyl carbamates (subject to hydrolysis) is 1. The van der Waals surface area contributed by atoms with Crippen molar-refractivity contribution in [3.8, 4) is 0 Å². The Bertz CT molecular complexity index is 140. The van der Waals surface area contributed by atoms with Crippen molar-refractivity contribution in [3.63, 3.8) is 0 Å². The summed E-state index contributed by atoms with van der Waals surface area (Å²) >= 11 is 0. The summed E-state index contributed by atoms with van der Waals surface area (Å²) in [4.78, 5) is 11.0. The maximum absolute atomic E-state index is 11.0. The van der Waals surface area contributed by atoms with E-state index in [1.807, 2.05) is 6.92 Å². The normalized spacial score (nSPS) is 12.2. The minimum Gasteiger partial charge on any atom is -0.431 e. The zero-order chi connectivity index (χ0) is 10.1. The number of rotatable bonds is 6. The van der Waals surface area contributed by atoms with Crippen molar-refractivity contribution in [3.05, 3.63) is 0 Å². The van der Waals surface area contributed by atoms with Crippen molar-refractivity contribution in [2.24, 2.45) is 5.73 Å². The van der Waals surface area contributed by atoms with E-state index >= 15 is 0 Å². The van der Waals surface area contributed by atoms with Gasteiger partial charge in [0.1, 0.15) is 0 Å². The van der Waals surface area contributed by atoms with E-state index in [4.69, 9.17) is 10.5 Å². The van der Waals surface area contributed by atoms with Gasteiger partial charge in [-0.25, -0.2) is 4.79 Å². The zero-order valence-electron chi connectivity index (χ0n) is 8.51. The summed E-state index contributed by atoms with van der Waals surface area (Å²) in [6, 6.07) is 0. The summed E-state index contributed by atoms with van der Waals surface area (Å²) in [6.07, 6.45) is 2.78. The molecule has 13 heavy (non-hydrogen) atoms. The van der Waals surface area contributed by atoms with Crippen molar-refractivity contribution in [1.82, 2.24) is 5.32 Å². The van der Waals surface area contributed by atoms with Crippen molar-refractivity contribution in [2.75, 3.05) is 6.54 Å². The molecule has 3 N–H and O–H groups in total. The molecule has 0 aliphatic rings. The predicted octanol–water partition coefficient (Wildman–Crippen LogP) is 1.60. The lowest BCUT2D eigenvalue weighted by Crippen LogP contribution is -2.33. The summed E-state index contributed by atoms with van der Waals surface area (Å²) in [5.74, 6) is 0. The first-order valence-electron chi connectivity index (χ1n) is 4.90. The van der Waals surface area contributed by atoms with Gasteiger partial charge in [0.2, 0.25) is 0 Å². The van der Waals surface area contributed by atoms with E-state index in [1.54, 1.807) is 0 Å². The first-order valence-corrected chi connectivity index (χ1v) is 4.90. The van der Waals surface area contributed by atoms with Gasteiger partial charge in [-0.1, -0.05) is 26.7 Å². The first-order chi connectivity index (χ1) is 6.20. The van der Waals surface area contributed by atoms with Gasteiger partial charge in [0.25, 0.3) is 0 Å². The zero-order valence-corrected chi connectivity index (χ0v) is 8.51. The molecule has 4 heteroatoms. The van der Waals surface area contributed by atoms with Gasteiger partial charge in [-0.15, -0.1) is 0 Å². The molecule has 78 valence electrons. The van der Waals surface area contributed by atoms with E-state index in [0.717, 1.165) is 19.3 Å². The fourth-order valence-electron chi connectivity index (χ4n) is 0.890. The van der Waals surface area contributed by atoms with Gasteiger partial charge in [0, 0.05) is 6.54 Å². The van der Waals surface area contributed by atoms with Crippen LogP contribution >= 0.6 is 0 Å². The molecule has 0 aromatic heterocycles. The van der Waals surface area contributed by atoms with E-state index < -0.39 is 12.3 Å². The van der Waals surface area contributed by atoms with Gasteiger partial charge in [0.15, 0.2) is 6.23 Å². The lowest BCUT2D eigenvalue weighted by Gasteiger charge is -2.12. The van der Waals surface area contributed by atoms with Crippen molar-refractivity contribution in [1.29, 1.82) is 0 Å². The van der Waals surface area contributed by atoms with Gasteiger partial charge in [-0.3, -0.25) is 5.73 Å². The fourth-order valence-corrected chi connectivity index (χ4v) is 0.890. The maximum Gasteiger partial charge on any atom is 0.408 e. The van der Waals surface area contributed by atoms with E-state index in [1.165, 1.54) is 0 Å². The lowest BCUT2D eigenvalue weighted by atomic mass is 10.3. The third-order valence-corrected chi connectivity index (χ3v) is 1.63. The molecule has 0 radical (unpaired) electrons. The van der Waals surface area contributed by atoms with Crippen molar-refractivity contribution < 1.29 is 9.53 Å². The van der Waals surface area contributed by atoms with Crippen molar-refractivity contribution >= 4 is 6.09 Å². The monoisotopic (exact) mass is 188 g/mol. The second-order valence-electron chi connectivity index (χ2n) is 3.01. The van der Waals surface area contributed by atoms with E-state index in [9.17, 15) is 4.79 Å². The van der Waals surface area contributed by atoms with Crippen LogP contribution < -0.4 is 11.1 Å². The van der Waals surface area contributed by atoms with Crippen LogP contribution in [0.15, 0.2) is 0 Å². The molecular weight excluding hydrogens is 168 g/mol. The lowest BCUT2D eigenvalue weighted by molar-refractivity contribution is 0.0956. The van der Waals surface area contributed by atoms with Crippen LogP contribution in [0.5, 0.6) is 0 Å². The van der Waals surface area contributed by atoms with Crippen LogP contribution in [-0.4, -0.2) is 18.9 Å². The molecular formula is C9H20N2O2. The van der Waals surface area contributed by atoms with Gasteiger partial charge >= 0.3 is 6.09 Å². The summed E-state index contributed by atoms with van der Waals surface area (Å²) in [5, 5.41) is 2.63. The summed E-state index contributed by atoms with van der Waals surface area (Å²) in [7, 11) is 0. The molecule has 0 aliphatic heterocycles. The molecule has 0 aliphatic carbocycles. The van der Waals surface area contributed by atoms with E-state index in [-0.39, 0.29) is 0 Å². The van der Waals surface area contributed by atoms with Crippen molar-refractivity contribution in [2.45, 2.75) is 45.8 Å². The highest BCUT2D eigenvalue weighted by atomic mass is 16.6. The Morgan fingerprint density at radius 3 is 2.69 bits per heavy atom. The highest BCUT2D eigenvalue weighted by Gasteiger charge is 2.06. The smallest absolute Gasteiger partial charge is 0.408 e. The number of unbranched alkanes of at least 4 members (excludes halogenated alkanes) is 1. The Labute approximate surface area is 79.8 Å². The number of amides is 1. The van der Waals surface area contributed by atoms with Crippen LogP contribution in [0.4, 0.5) is 4.79 Å². The molecule has 0 saturated heterocycles. The van der Waals surface area contributed by atoms with Crippen LogP contribution in [0.3, 0.4) is 0 Å². The standard InChI is InChI=1S/C9H20N2O2/c1-3-5-7-11-9(12)13-8(10)6-4-2/h8H,3-7,10H2,1-2H3,(H,11,12). The van der Waals surface area contributed by atoms with Gasteiger partial charge in [-0.2, -0.15) is 0 Å². The number of hydrogen-bond acceptors (Lipinski definition) is 3. The number of hydrogen-bond donors (Lipinski definition) is 2. The number of carbonyl (C=O) groups is 1. The molecule has 4 nitrogen and oxygen atoms in total. The molecule has 1 atom stereocenters. The highest BCUT2D eigenvalue weighted by molar-refractivity contribution is 5.67. The molecule has 0 aromatic carbocycles. The fraction of sp³-hybridized carbons (Fsp3) is 0.889. The topological polar surface area (TPSA) is 64.3 Å². The molecule has 0 bridgehead atoms. The largest absolute Gasteiger partial charge is 0.431 e. The molecule has 0 saturated carbocycles. The Balaban J connectivity index is 3.38. The number of nitrogens with one attached hydrogen (secondary N) is 1. The number of carbonyl (C=O) groups excluding carboxylic acids is 1. The number of ether oxygens (including phenoxy) is 1. The van der Waals surface area contributed by atoms with Crippen LogP contribution in [0.1, 0.15) is 39.5 Å². The SMILES string of the molecule is CCCCNC(=O)OC(N)CCC. The van der Waals surface area contributed by atoms with Gasteiger partial charge < -0.3 is 10.1 Å². The van der Waals surface area contributed by atoms with Crippen LogP contribution in [0, 0.1) is 0 Å². The summed E-state index contributed by atoms with van der Waals surface area (Å²) < 4.78 is 4.87. The molecule has 1 amide bonds. The average Bonchev–Trinajstić information content (AvgIpc) is 2.05. The second kappa shape index (κ2) is 7.86. The highest BCUT2D eigenvalue weighted by Crippen LogP contribution is 1.95. The molecule has 0 spiro atoms. The summed E-state index contributed by atoms with van der Waals surface area (Å²) in [5.41, 5.74) is 5.51. The minimum absolute atomic E-state index is 0.408. The maximum atomic E-state index is 11.0. The second-order valence-corrected chi connectivity index (χ2v) is 3.01. The van der Waals surface area contributed by atoms with Gasteiger partial charge in [-0.05, 0) is 12.8 Å². The van der Waals surface area contributed by atoms with E-state index in [2.05, 4.69) is 12.2 Å². The van der Waals surface area contributed by atoms with E-state index in [0.29, 0.717) is 13.0 Å². The molecule has 1 unspecified atom stereocenters.